The van der Waals surface area contributed by atoms with Gasteiger partial charge < -0.3 is 19.9 Å². The van der Waals surface area contributed by atoms with Gasteiger partial charge in [-0.2, -0.15) is 0 Å². The van der Waals surface area contributed by atoms with Crippen LogP contribution in [0.25, 0.3) is 0 Å². The molecule has 1 aromatic rings. The van der Waals surface area contributed by atoms with E-state index in [0.29, 0.717) is 6.54 Å². The molecule has 7 heteroatoms. The number of carbonyl (C=O) groups is 1. The Bertz CT molecular complexity index is 594. The van der Waals surface area contributed by atoms with Crippen molar-refractivity contribution in [2.75, 3.05) is 47.9 Å². The van der Waals surface area contributed by atoms with Gasteiger partial charge in [0, 0.05) is 26.7 Å². The number of ether oxygens (including phenoxy) is 1. The van der Waals surface area contributed by atoms with E-state index in [2.05, 4.69) is 65.4 Å². The molecule has 1 N–H and O–H groups in total. The Morgan fingerprint density at radius 3 is 2.54 bits per heavy atom. The van der Waals surface area contributed by atoms with Crippen molar-refractivity contribution in [3.8, 4) is 0 Å². The number of likely N-dealkylation sites (N-methyl/N-ethyl adjacent to an activating group) is 1. The van der Waals surface area contributed by atoms with Gasteiger partial charge in [-0.15, -0.1) is 24.0 Å². The number of likely N-dealkylation sites (tertiary alicyclic amines) is 1. The smallest absolute Gasteiger partial charge is 0.310 e. The minimum atomic E-state index is -0.138. The third kappa shape index (κ3) is 5.57. The van der Waals surface area contributed by atoms with Crippen molar-refractivity contribution in [1.29, 1.82) is 0 Å². The number of halogens is 1. The molecular weight excluding hydrogens is 443 g/mol. The molecule has 1 aliphatic heterocycles. The Balaban J connectivity index is 0.00000338. The molecule has 0 bridgehead atoms. The first-order valence-corrected chi connectivity index (χ1v) is 8.72. The molecule has 146 valence electrons. The Labute approximate surface area is 174 Å². The monoisotopic (exact) mass is 474 g/mol. The summed E-state index contributed by atoms with van der Waals surface area (Å²) in [6.07, 6.45) is 0. The van der Waals surface area contributed by atoms with Crippen molar-refractivity contribution < 1.29 is 9.53 Å². The SMILES string of the molecule is CN=C(NCC(c1ccccc1)N(C)C)N1CC(C)C(C(=O)OC)C1.I. The van der Waals surface area contributed by atoms with Gasteiger partial charge in [-0.05, 0) is 25.6 Å². The molecular formula is C19H31IN4O2. The average molecular weight is 474 g/mol. The molecule has 1 aliphatic rings. The first kappa shape index (κ1) is 22.7. The molecule has 26 heavy (non-hydrogen) atoms. The van der Waals surface area contributed by atoms with Crippen LogP contribution in [0.3, 0.4) is 0 Å². The van der Waals surface area contributed by atoms with E-state index in [-0.39, 0.29) is 47.8 Å². The summed E-state index contributed by atoms with van der Waals surface area (Å²) in [6.45, 7) is 4.28. The van der Waals surface area contributed by atoms with Crippen LogP contribution in [0.15, 0.2) is 35.3 Å². The van der Waals surface area contributed by atoms with E-state index in [4.69, 9.17) is 4.74 Å². The highest BCUT2D eigenvalue weighted by molar-refractivity contribution is 14.0. The van der Waals surface area contributed by atoms with Crippen molar-refractivity contribution in [2.45, 2.75) is 13.0 Å². The second-order valence-electron chi connectivity index (χ2n) is 6.83. The summed E-state index contributed by atoms with van der Waals surface area (Å²) in [5.41, 5.74) is 1.26. The fourth-order valence-electron chi connectivity index (χ4n) is 3.39. The fraction of sp³-hybridized carbons (Fsp3) is 0.579. The summed E-state index contributed by atoms with van der Waals surface area (Å²) in [7, 11) is 7.39. The Morgan fingerprint density at radius 1 is 1.35 bits per heavy atom. The predicted molar refractivity (Wildman–Crippen MR) is 116 cm³/mol. The molecule has 1 heterocycles. The van der Waals surface area contributed by atoms with E-state index < -0.39 is 0 Å². The van der Waals surface area contributed by atoms with Gasteiger partial charge in [0.2, 0.25) is 0 Å². The average Bonchev–Trinajstić information content (AvgIpc) is 3.00. The summed E-state index contributed by atoms with van der Waals surface area (Å²) in [4.78, 5) is 20.7. The number of nitrogens with one attached hydrogen (secondary N) is 1. The van der Waals surface area contributed by atoms with Crippen LogP contribution < -0.4 is 5.32 Å². The lowest BCUT2D eigenvalue weighted by Gasteiger charge is -2.28. The largest absolute Gasteiger partial charge is 0.469 e. The Kier molecular flexibility index (Phi) is 9.35. The third-order valence-electron chi connectivity index (χ3n) is 4.89. The van der Waals surface area contributed by atoms with E-state index in [9.17, 15) is 4.79 Å². The molecule has 0 amide bonds. The molecule has 0 saturated carbocycles. The summed E-state index contributed by atoms with van der Waals surface area (Å²) >= 11 is 0. The van der Waals surface area contributed by atoms with E-state index in [0.717, 1.165) is 19.0 Å². The van der Waals surface area contributed by atoms with Gasteiger partial charge in [0.25, 0.3) is 0 Å². The lowest BCUT2D eigenvalue weighted by Crippen LogP contribution is -2.43. The molecule has 1 fully saturated rings. The number of aliphatic imine (C=N–C) groups is 1. The normalized spacial score (nSPS) is 21.3. The Hall–Kier alpha value is -1.35. The number of hydrogen-bond donors (Lipinski definition) is 1. The number of carbonyl (C=O) groups excluding carboxylic acids is 1. The van der Waals surface area contributed by atoms with Crippen LogP contribution in [0.2, 0.25) is 0 Å². The highest BCUT2D eigenvalue weighted by Gasteiger charge is 2.37. The molecule has 1 saturated heterocycles. The maximum absolute atomic E-state index is 11.9. The van der Waals surface area contributed by atoms with Gasteiger partial charge in [0.15, 0.2) is 5.96 Å². The van der Waals surface area contributed by atoms with E-state index in [1.165, 1.54) is 12.7 Å². The van der Waals surface area contributed by atoms with Crippen LogP contribution in [-0.4, -0.2) is 69.6 Å². The van der Waals surface area contributed by atoms with Crippen LogP contribution in [0.1, 0.15) is 18.5 Å². The van der Waals surface area contributed by atoms with Crippen LogP contribution in [-0.2, 0) is 9.53 Å². The van der Waals surface area contributed by atoms with Crippen molar-refractivity contribution in [3.63, 3.8) is 0 Å². The number of guanidine groups is 1. The number of hydrogen-bond acceptors (Lipinski definition) is 4. The lowest BCUT2D eigenvalue weighted by molar-refractivity contribution is -0.145. The fourth-order valence-corrected chi connectivity index (χ4v) is 3.39. The summed E-state index contributed by atoms with van der Waals surface area (Å²) in [5, 5.41) is 3.47. The Morgan fingerprint density at radius 2 is 2.00 bits per heavy atom. The molecule has 3 unspecified atom stereocenters. The lowest BCUT2D eigenvalue weighted by atomic mass is 9.99. The van der Waals surface area contributed by atoms with Gasteiger partial charge in [0.1, 0.15) is 0 Å². The highest BCUT2D eigenvalue weighted by atomic mass is 127. The number of nitrogens with zero attached hydrogens (tertiary/aromatic N) is 3. The highest BCUT2D eigenvalue weighted by Crippen LogP contribution is 2.24. The zero-order valence-electron chi connectivity index (χ0n) is 16.3. The van der Waals surface area contributed by atoms with Crippen LogP contribution in [0.5, 0.6) is 0 Å². The summed E-state index contributed by atoms with van der Waals surface area (Å²) in [5.74, 6) is 0.856. The topological polar surface area (TPSA) is 57.2 Å². The summed E-state index contributed by atoms with van der Waals surface area (Å²) < 4.78 is 4.92. The van der Waals surface area contributed by atoms with Crippen molar-refractivity contribution >= 4 is 35.9 Å². The molecule has 0 aromatic heterocycles. The standard InChI is InChI=1S/C19H30N4O2.HI/c1-14-12-23(13-16(14)18(24)25-5)19(20-2)21-11-17(22(3)4)15-9-7-6-8-10-15;/h6-10,14,16-17H,11-13H2,1-5H3,(H,20,21);1H. The molecule has 2 rings (SSSR count). The van der Waals surface area contributed by atoms with Crippen molar-refractivity contribution in [3.05, 3.63) is 35.9 Å². The molecule has 6 nitrogen and oxygen atoms in total. The first-order chi connectivity index (χ1) is 12.0. The first-order valence-electron chi connectivity index (χ1n) is 8.72. The van der Waals surface area contributed by atoms with Gasteiger partial charge in [-0.3, -0.25) is 9.79 Å². The maximum Gasteiger partial charge on any atom is 0.310 e. The van der Waals surface area contributed by atoms with Crippen molar-refractivity contribution in [2.24, 2.45) is 16.8 Å². The number of benzene rings is 1. The molecule has 0 spiro atoms. The summed E-state index contributed by atoms with van der Waals surface area (Å²) in [6, 6.07) is 10.7. The number of esters is 1. The zero-order chi connectivity index (χ0) is 18.4. The van der Waals surface area contributed by atoms with Crippen LogP contribution in [0.4, 0.5) is 0 Å². The number of rotatable bonds is 5. The molecule has 3 atom stereocenters. The van der Waals surface area contributed by atoms with Crippen LogP contribution in [0, 0.1) is 11.8 Å². The quantitative estimate of drug-likeness (QED) is 0.307. The minimum absolute atomic E-state index is 0. The second-order valence-corrected chi connectivity index (χ2v) is 6.83. The van der Waals surface area contributed by atoms with Crippen molar-refractivity contribution in [1.82, 2.24) is 15.1 Å². The maximum atomic E-state index is 11.9. The van der Waals surface area contributed by atoms with E-state index in [1.54, 1.807) is 7.05 Å². The zero-order valence-corrected chi connectivity index (χ0v) is 18.6. The van der Waals surface area contributed by atoms with E-state index in [1.807, 2.05) is 6.07 Å². The minimum Gasteiger partial charge on any atom is -0.469 e. The van der Waals surface area contributed by atoms with Gasteiger partial charge in [-0.25, -0.2) is 0 Å². The number of methoxy groups -OCH3 is 1. The molecule has 1 aromatic carbocycles. The van der Waals surface area contributed by atoms with Gasteiger partial charge >= 0.3 is 5.97 Å². The molecule has 0 aliphatic carbocycles. The van der Waals surface area contributed by atoms with Gasteiger partial charge in [-0.1, -0.05) is 37.3 Å². The predicted octanol–water partition coefficient (Wildman–Crippen LogP) is 2.22. The molecule has 0 radical (unpaired) electrons. The second kappa shape index (κ2) is 10.7. The van der Waals surface area contributed by atoms with E-state index >= 15 is 0 Å². The van der Waals surface area contributed by atoms with Gasteiger partial charge in [0.05, 0.1) is 19.1 Å². The third-order valence-corrected chi connectivity index (χ3v) is 4.89. The van der Waals surface area contributed by atoms with Crippen LogP contribution >= 0.6 is 24.0 Å².